The first-order valence-corrected chi connectivity index (χ1v) is 21.1. The number of carbonyl (C=O) groups is 2. The highest BCUT2D eigenvalue weighted by molar-refractivity contribution is 7.47. The van der Waals surface area contributed by atoms with Crippen molar-refractivity contribution in [2.75, 3.05) is 47.5 Å². The predicted molar refractivity (Wildman–Crippen MR) is 210 cm³/mol. The van der Waals surface area contributed by atoms with Gasteiger partial charge in [-0.1, -0.05) is 126 Å². The number of allylic oxidation sites excluding steroid dienone is 10. The Morgan fingerprint density at radius 3 is 1.73 bits per heavy atom. The second-order valence-electron chi connectivity index (χ2n) is 14.0. The molecular formula is C41H73NO8P+. The Morgan fingerprint density at radius 1 is 0.627 bits per heavy atom. The van der Waals surface area contributed by atoms with Gasteiger partial charge in [0.2, 0.25) is 0 Å². The molecule has 0 bridgehead atoms. The van der Waals surface area contributed by atoms with Crippen LogP contribution in [0.15, 0.2) is 60.8 Å². The molecule has 0 spiro atoms. The maximum Gasteiger partial charge on any atom is 0.472 e. The zero-order chi connectivity index (χ0) is 37.9. The van der Waals surface area contributed by atoms with Crippen molar-refractivity contribution in [3.63, 3.8) is 0 Å². The highest BCUT2D eigenvalue weighted by atomic mass is 31.2. The fourth-order valence-corrected chi connectivity index (χ4v) is 5.52. The molecule has 0 radical (unpaired) electrons. The first kappa shape index (κ1) is 48.7. The summed E-state index contributed by atoms with van der Waals surface area (Å²) >= 11 is 0. The number of quaternary nitrogens is 1. The summed E-state index contributed by atoms with van der Waals surface area (Å²) in [6.45, 7) is 4.18. The number of carbonyl (C=O) groups excluding carboxylic acids is 2. The van der Waals surface area contributed by atoms with Gasteiger partial charge in [0.1, 0.15) is 19.8 Å². The normalized spacial score (nSPS) is 14.4. The molecule has 0 aliphatic heterocycles. The third-order valence-electron chi connectivity index (χ3n) is 7.88. The van der Waals surface area contributed by atoms with Crippen LogP contribution < -0.4 is 0 Å². The Morgan fingerprint density at radius 2 is 1.14 bits per heavy atom. The van der Waals surface area contributed by atoms with E-state index in [1.807, 2.05) is 57.6 Å². The first-order valence-electron chi connectivity index (χ1n) is 19.6. The van der Waals surface area contributed by atoms with Gasteiger partial charge in [-0.2, -0.15) is 0 Å². The second kappa shape index (κ2) is 33.5. The zero-order valence-electron chi connectivity index (χ0n) is 32.8. The van der Waals surface area contributed by atoms with Crippen LogP contribution in [0.4, 0.5) is 0 Å². The van der Waals surface area contributed by atoms with E-state index in [1.165, 1.54) is 44.9 Å². The number of hydrogen-bond acceptors (Lipinski definition) is 7. The summed E-state index contributed by atoms with van der Waals surface area (Å²) in [5.74, 6) is -0.870. The van der Waals surface area contributed by atoms with Gasteiger partial charge in [0.15, 0.2) is 6.10 Å². The van der Waals surface area contributed by atoms with Crippen LogP contribution in [0.25, 0.3) is 0 Å². The molecule has 0 amide bonds. The van der Waals surface area contributed by atoms with Crippen molar-refractivity contribution in [1.82, 2.24) is 0 Å². The number of ether oxygens (including phenoxy) is 2. The van der Waals surface area contributed by atoms with E-state index in [9.17, 15) is 19.0 Å². The lowest BCUT2D eigenvalue weighted by Crippen LogP contribution is -2.37. The molecule has 2 unspecified atom stereocenters. The number of hydrogen-bond donors (Lipinski definition) is 1. The summed E-state index contributed by atoms with van der Waals surface area (Å²) in [4.78, 5) is 35.2. The average molecular weight is 739 g/mol. The van der Waals surface area contributed by atoms with Crippen LogP contribution in [0, 0.1) is 0 Å². The van der Waals surface area contributed by atoms with Crippen molar-refractivity contribution in [2.45, 2.75) is 142 Å². The summed E-state index contributed by atoms with van der Waals surface area (Å²) < 4.78 is 34.1. The standard InChI is InChI=1S/C41H72NO8P/c1-6-8-10-12-14-16-18-20-22-23-25-27-29-31-33-40(43)47-37-39(38-49-51(45,46)48-36-35-42(3,4)5)50-41(44)34-32-30-28-26-24-21-19-17-15-13-11-9-7-2/h9,11,13,15,17,19,21-24,39H,6-8,10,12,14,16,18,20,25-38H2,1-5H3/p+1/b11-9+,15-13+,19-17+,23-22+,24-21+. The number of phosphoric ester groups is 1. The molecule has 0 heterocycles. The van der Waals surface area contributed by atoms with Crippen molar-refractivity contribution < 1.29 is 42.1 Å². The smallest absolute Gasteiger partial charge is 0.462 e. The molecule has 51 heavy (non-hydrogen) atoms. The molecule has 0 rings (SSSR count). The monoisotopic (exact) mass is 739 g/mol. The summed E-state index contributed by atoms with van der Waals surface area (Å²) in [7, 11) is 1.43. The molecule has 0 aliphatic rings. The minimum Gasteiger partial charge on any atom is -0.462 e. The third kappa shape index (κ3) is 37.3. The van der Waals surface area contributed by atoms with Gasteiger partial charge in [0.05, 0.1) is 27.7 Å². The molecule has 0 saturated carbocycles. The van der Waals surface area contributed by atoms with E-state index < -0.39 is 32.5 Å². The fraction of sp³-hybridized carbons (Fsp3) is 0.707. The van der Waals surface area contributed by atoms with E-state index in [2.05, 4.69) is 38.2 Å². The van der Waals surface area contributed by atoms with Crippen LogP contribution >= 0.6 is 7.82 Å². The summed E-state index contributed by atoms with van der Waals surface area (Å²) in [5, 5.41) is 0. The van der Waals surface area contributed by atoms with Crippen molar-refractivity contribution in [1.29, 1.82) is 0 Å². The second-order valence-corrected chi connectivity index (χ2v) is 15.5. The van der Waals surface area contributed by atoms with Gasteiger partial charge in [-0.3, -0.25) is 18.6 Å². The van der Waals surface area contributed by atoms with Gasteiger partial charge in [-0.15, -0.1) is 0 Å². The predicted octanol–water partition coefficient (Wildman–Crippen LogP) is 10.5. The maximum atomic E-state index is 12.6. The molecule has 294 valence electrons. The van der Waals surface area contributed by atoms with E-state index >= 15 is 0 Å². The molecule has 10 heteroatoms. The van der Waals surface area contributed by atoms with Crippen LogP contribution in [-0.2, 0) is 32.7 Å². The molecule has 0 fully saturated rings. The summed E-state index contributed by atoms with van der Waals surface area (Å²) in [5.41, 5.74) is 0. The summed E-state index contributed by atoms with van der Waals surface area (Å²) in [6.07, 6.45) is 38.5. The summed E-state index contributed by atoms with van der Waals surface area (Å²) in [6, 6.07) is 0. The molecule has 0 aliphatic carbocycles. The van der Waals surface area contributed by atoms with Gasteiger partial charge in [-0.05, 0) is 57.8 Å². The van der Waals surface area contributed by atoms with Crippen LogP contribution in [0.2, 0.25) is 0 Å². The van der Waals surface area contributed by atoms with Gasteiger partial charge in [0.25, 0.3) is 0 Å². The lowest BCUT2D eigenvalue weighted by atomic mass is 10.1. The van der Waals surface area contributed by atoms with Gasteiger partial charge in [0, 0.05) is 12.8 Å². The first-order chi connectivity index (χ1) is 24.5. The van der Waals surface area contributed by atoms with E-state index in [0.29, 0.717) is 23.9 Å². The maximum absolute atomic E-state index is 12.6. The quantitative estimate of drug-likeness (QED) is 0.0174. The lowest BCUT2D eigenvalue weighted by Gasteiger charge is -2.24. The Balaban J connectivity index is 4.53. The number of likely N-dealkylation sites (N-methyl/N-ethyl adjacent to an activating group) is 1. The van der Waals surface area contributed by atoms with Crippen LogP contribution in [0.3, 0.4) is 0 Å². The number of rotatable bonds is 34. The Bertz CT molecular complexity index is 1060. The minimum atomic E-state index is -4.38. The van der Waals surface area contributed by atoms with Crippen LogP contribution in [0.1, 0.15) is 136 Å². The zero-order valence-corrected chi connectivity index (χ0v) is 33.7. The van der Waals surface area contributed by atoms with E-state index in [4.69, 9.17) is 18.5 Å². The van der Waals surface area contributed by atoms with E-state index in [-0.39, 0.29) is 26.1 Å². The largest absolute Gasteiger partial charge is 0.472 e. The molecule has 0 aromatic heterocycles. The molecular weight excluding hydrogens is 665 g/mol. The Hall–Kier alpha value is -2.29. The van der Waals surface area contributed by atoms with E-state index in [0.717, 1.165) is 51.4 Å². The highest BCUT2D eigenvalue weighted by Crippen LogP contribution is 2.43. The van der Waals surface area contributed by atoms with Crippen molar-refractivity contribution in [2.24, 2.45) is 0 Å². The van der Waals surface area contributed by atoms with E-state index in [1.54, 1.807) is 0 Å². The van der Waals surface area contributed by atoms with Crippen molar-refractivity contribution in [3.05, 3.63) is 60.8 Å². The van der Waals surface area contributed by atoms with Gasteiger partial charge < -0.3 is 18.9 Å². The van der Waals surface area contributed by atoms with Crippen LogP contribution in [0.5, 0.6) is 0 Å². The third-order valence-corrected chi connectivity index (χ3v) is 8.86. The Labute approximate surface area is 311 Å². The number of nitrogens with zero attached hydrogens (tertiary/aromatic N) is 1. The van der Waals surface area contributed by atoms with Crippen molar-refractivity contribution in [3.8, 4) is 0 Å². The topological polar surface area (TPSA) is 108 Å². The number of phosphoric acid groups is 1. The number of unbranched alkanes of at least 4 members (excludes halogenated alkanes) is 13. The van der Waals surface area contributed by atoms with Gasteiger partial charge >= 0.3 is 19.8 Å². The van der Waals surface area contributed by atoms with Crippen molar-refractivity contribution >= 4 is 19.8 Å². The lowest BCUT2D eigenvalue weighted by molar-refractivity contribution is -0.870. The molecule has 0 aromatic carbocycles. The fourth-order valence-electron chi connectivity index (χ4n) is 4.78. The SMILES string of the molecule is CC/C=C/C=C/C=C/C=C/CCCCCC(=O)OC(COC(=O)CCCCC/C=C/CCCCCCCCC)COP(=O)(O)OCC[N+](C)(C)C. The average Bonchev–Trinajstić information content (AvgIpc) is 3.07. The molecule has 0 aromatic rings. The highest BCUT2D eigenvalue weighted by Gasteiger charge is 2.27. The number of esters is 2. The molecule has 9 nitrogen and oxygen atoms in total. The van der Waals surface area contributed by atoms with Gasteiger partial charge in [-0.25, -0.2) is 4.57 Å². The molecule has 1 N–H and O–H groups in total. The minimum absolute atomic E-state index is 0.0187. The molecule has 0 saturated heterocycles. The molecule has 2 atom stereocenters. The Kier molecular flexibility index (Phi) is 32.0. The van der Waals surface area contributed by atoms with Crippen LogP contribution in [-0.4, -0.2) is 74.9 Å².